The highest BCUT2D eigenvalue weighted by molar-refractivity contribution is 6.30. The number of halogens is 2. The van der Waals surface area contributed by atoms with E-state index in [4.69, 9.17) is 16.3 Å². The van der Waals surface area contributed by atoms with E-state index >= 15 is 0 Å². The fourth-order valence-electron chi connectivity index (χ4n) is 2.30. The molecule has 2 aromatic carbocycles. The van der Waals surface area contributed by atoms with Gasteiger partial charge in [0.1, 0.15) is 0 Å². The lowest BCUT2D eigenvalue weighted by molar-refractivity contribution is 0.385. The van der Waals surface area contributed by atoms with Crippen molar-refractivity contribution in [2.45, 2.75) is 25.9 Å². The summed E-state index contributed by atoms with van der Waals surface area (Å²) in [5.41, 5.74) is 1.98. The smallest absolute Gasteiger partial charge is 0.165 e. The van der Waals surface area contributed by atoms with Crippen LogP contribution < -0.4 is 10.1 Å². The molecule has 2 aromatic rings. The first-order valence-corrected chi connectivity index (χ1v) is 7.24. The highest BCUT2D eigenvalue weighted by Gasteiger charge is 2.13. The van der Waals surface area contributed by atoms with Crippen LogP contribution in [0, 0.1) is 5.82 Å². The molecule has 0 heterocycles. The zero-order valence-corrected chi connectivity index (χ0v) is 13.1. The molecule has 0 amide bonds. The van der Waals surface area contributed by atoms with E-state index in [1.54, 1.807) is 6.07 Å². The van der Waals surface area contributed by atoms with Crippen LogP contribution in [0.1, 0.15) is 37.1 Å². The van der Waals surface area contributed by atoms with Crippen molar-refractivity contribution in [3.63, 3.8) is 0 Å². The monoisotopic (exact) mass is 307 g/mol. The lowest BCUT2D eigenvalue weighted by Gasteiger charge is -2.21. The summed E-state index contributed by atoms with van der Waals surface area (Å²) in [6, 6.07) is 12.9. The van der Waals surface area contributed by atoms with Crippen LogP contribution in [0.5, 0.6) is 5.75 Å². The maximum atomic E-state index is 13.8. The van der Waals surface area contributed by atoms with Gasteiger partial charge in [-0.25, -0.2) is 4.39 Å². The quantitative estimate of drug-likeness (QED) is 0.848. The van der Waals surface area contributed by atoms with E-state index in [9.17, 15) is 4.39 Å². The molecule has 2 nitrogen and oxygen atoms in total. The second-order valence-electron chi connectivity index (χ2n) is 5.06. The fourth-order valence-corrected chi connectivity index (χ4v) is 2.49. The molecule has 0 fully saturated rings. The van der Waals surface area contributed by atoms with Gasteiger partial charge >= 0.3 is 0 Å². The third-order valence-electron chi connectivity index (χ3n) is 3.52. The minimum Gasteiger partial charge on any atom is -0.494 e. The lowest BCUT2D eigenvalue weighted by Crippen LogP contribution is -2.22. The van der Waals surface area contributed by atoms with Crippen molar-refractivity contribution < 1.29 is 9.13 Å². The van der Waals surface area contributed by atoms with Crippen molar-refractivity contribution >= 4 is 11.6 Å². The highest BCUT2D eigenvalue weighted by atomic mass is 35.5. The summed E-state index contributed by atoms with van der Waals surface area (Å²) in [4.78, 5) is 0. The molecule has 1 N–H and O–H groups in total. The van der Waals surface area contributed by atoms with E-state index in [1.165, 1.54) is 13.2 Å². The first-order chi connectivity index (χ1) is 10.0. The van der Waals surface area contributed by atoms with Crippen molar-refractivity contribution in [1.82, 2.24) is 5.32 Å². The Morgan fingerprint density at radius 1 is 1.05 bits per heavy atom. The molecule has 21 heavy (non-hydrogen) atoms. The molecule has 0 saturated heterocycles. The zero-order valence-electron chi connectivity index (χ0n) is 12.4. The van der Waals surface area contributed by atoms with Crippen LogP contribution in [-0.4, -0.2) is 7.11 Å². The Labute approximate surface area is 129 Å². The number of hydrogen-bond donors (Lipinski definition) is 1. The zero-order chi connectivity index (χ0) is 15.4. The molecule has 0 aliphatic rings. The topological polar surface area (TPSA) is 21.3 Å². The summed E-state index contributed by atoms with van der Waals surface area (Å²) in [5.74, 6) is -0.0899. The van der Waals surface area contributed by atoms with Gasteiger partial charge in [-0.1, -0.05) is 29.8 Å². The molecular formula is C17H19ClFNO. The van der Waals surface area contributed by atoms with Gasteiger partial charge in [0.15, 0.2) is 11.6 Å². The normalized spacial score (nSPS) is 13.8. The van der Waals surface area contributed by atoms with Crippen molar-refractivity contribution in [3.8, 4) is 5.75 Å². The molecule has 2 atom stereocenters. The predicted octanol–water partition coefficient (Wildman–Crippen LogP) is 4.90. The van der Waals surface area contributed by atoms with E-state index in [0.717, 1.165) is 11.1 Å². The Balaban J connectivity index is 2.10. The summed E-state index contributed by atoms with van der Waals surface area (Å²) in [6.45, 7) is 4.06. The van der Waals surface area contributed by atoms with Crippen LogP contribution in [0.3, 0.4) is 0 Å². The minimum atomic E-state index is -0.348. The molecule has 0 aliphatic heterocycles. The third kappa shape index (κ3) is 3.96. The molecule has 0 saturated carbocycles. The number of benzene rings is 2. The summed E-state index contributed by atoms with van der Waals surface area (Å²) < 4.78 is 18.7. The number of nitrogens with one attached hydrogen (secondary N) is 1. The fraction of sp³-hybridized carbons (Fsp3) is 0.294. The Hall–Kier alpha value is -1.58. The van der Waals surface area contributed by atoms with Gasteiger partial charge in [0.2, 0.25) is 0 Å². The Morgan fingerprint density at radius 2 is 1.71 bits per heavy atom. The van der Waals surface area contributed by atoms with E-state index in [1.807, 2.05) is 37.3 Å². The standard InChI is InChI=1S/C17H19ClFNO/c1-11(13-5-4-6-15(18)9-13)20-12(2)14-7-8-17(21-3)16(19)10-14/h4-12,20H,1-3H3. The minimum absolute atomic E-state index is 0.0133. The summed E-state index contributed by atoms with van der Waals surface area (Å²) in [7, 11) is 1.46. The third-order valence-corrected chi connectivity index (χ3v) is 3.76. The first kappa shape index (κ1) is 15.8. The van der Waals surface area contributed by atoms with Crippen molar-refractivity contribution in [3.05, 3.63) is 64.4 Å². The summed E-state index contributed by atoms with van der Waals surface area (Å²) in [6.07, 6.45) is 0. The number of hydrogen-bond acceptors (Lipinski definition) is 2. The molecule has 0 spiro atoms. The van der Waals surface area contributed by atoms with Gasteiger partial charge < -0.3 is 10.1 Å². The van der Waals surface area contributed by atoms with Crippen molar-refractivity contribution in [1.29, 1.82) is 0 Å². The van der Waals surface area contributed by atoms with E-state index in [0.29, 0.717) is 5.02 Å². The van der Waals surface area contributed by atoms with Crippen molar-refractivity contribution in [2.24, 2.45) is 0 Å². The van der Waals surface area contributed by atoms with Crippen LogP contribution in [0.4, 0.5) is 4.39 Å². The van der Waals surface area contributed by atoms with Gasteiger partial charge in [-0.05, 0) is 49.2 Å². The van der Waals surface area contributed by atoms with Gasteiger partial charge in [-0.3, -0.25) is 0 Å². The molecule has 0 aliphatic carbocycles. The SMILES string of the molecule is COc1ccc(C(C)NC(C)c2cccc(Cl)c2)cc1F. The summed E-state index contributed by atoms with van der Waals surface area (Å²) in [5, 5.41) is 4.15. The largest absolute Gasteiger partial charge is 0.494 e. The van der Waals surface area contributed by atoms with Gasteiger partial charge in [0.25, 0.3) is 0 Å². The van der Waals surface area contributed by atoms with Gasteiger partial charge in [0.05, 0.1) is 7.11 Å². The first-order valence-electron chi connectivity index (χ1n) is 6.86. The maximum Gasteiger partial charge on any atom is 0.165 e. The molecule has 4 heteroatoms. The van der Waals surface area contributed by atoms with Crippen LogP contribution in [0.15, 0.2) is 42.5 Å². The molecule has 0 bridgehead atoms. The van der Waals surface area contributed by atoms with Crippen LogP contribution in [0.2, 0.25) is 5.02 Å². The molecule has 112 valence electrons. The molecular weight excluding hydrogens is 289 g/mol. The highest BCUT2D eigenvalue weighted by Crippen LogP contribution is 2.25. The Bertz CT molecular complexity index is 617. The van der Waals surface area contributed by atoms with Crippen molar-refractivity contribution in [2.75, 3.05) is 7.11 Å². The number of ether oxygens (including phenoxy) is 1. The number of rotatable bonds is 5. The molecule has 2 rings (SSSR count). The van der Waals surface area contributed by atoms with Gasteiger partial charge in [-0.2, -0.15) is 0 Å². The second kappa shape index (κ2) is 6.92. The van der Waals surface area contributed by atoms with Crippen LogP contribution in [0.25, 0.3) is 0 Å². The van der Waals surface area contributed by atoms with Gasteiger partial charge in [0, 0.05) is 17.1 Å². The van der Waals surface area contributed by atoms with E-state index < -0.39 is 0 Å². The Kier molecular flexibility index (Phi) is 5.21. The average Bonchev–Trinajstić information content (AvgIpc) is 2.47. The predicted molar refractivity (Wildman–Crippen MR) is 84.4 cm³/mol. The summed E-state index contributed by atoms with van der Waals surface area (Å²) >= 11 is 6.01. The molecule has 2 unspecified atom stereocenters. The van der Waals surface area contributed by atoms with E-state index in [-0.39, 0.29) is 23.7 Å². The maximum absolute atomic E-state index is 13.8. The van der Waals surface area contributed by atoms with Gasteiger partial charge in [-0.15, -0.1) is 0 Å². The van der Waals surface area contributed by atoms with Crippen LogP contribution in [-0.2, 0) is 0 Å². The molecule has 0 radical (unpaired) electrons. The Morgan fingerprint density at radius 3 is 2.29 bits per heavy atom. The van der Waals surface area contributed by atoms with Crippen LogP contribution >= 0.6 is 11.6 Å². The lowest BCUT2D eigenvalue weighted by atomic mass is 10.0. The van der Waals surface area contributed by atoms with E-state index in [2.05, 4.69) is 12.2 Å². The molecule has 0 aromatic heterocycles. The average molecular weight is 308 g/mol. The number of methoxy groups -OCH3 is 1. The second-order valence-corrected chi connectivity index (χ2v) is 5.50.